The van der Waals surface area contributed by atoms with Gasteiger partial charge in [-0.3, -0.25) is 0 Å². The molecule has 0 saturated carbocycles. The fraction of sp³-hybridized carbons (Fsp3) is 0.250. The minimum atomic E-state index is 0.542. The van der Waals surface area contributed by atoms with Crippen molar-refractivity contribution >= 4 is 23.0 Å². The molecule has 3 nitrogen and oxygen atoms in total. The van der Waals surface area contributed by atoms with E-state index < -0.39 is 0 Å². The molecule has 0 fully saturated rings. The van der Waals surface area contributed by atoms with E-state index in [1.165, 1.54) is 16.9 Å². The van der Waals surface area contributed by atoms with Crippen LogP contribution in [0.5, 0.6) is 5.75 Å². The number of aromatic nitrogens is 1. The van der Waals surface area contributed by atoms with Crippen molar-refractivity contribution in [1.82, 2.24) is 4.98 Å². The summed E-state index contributed by atoms with van der Waals surface area (Å²) in [6, 6.07) is 18.6. The molecule has 0 bridgehead atoms. The first-order chi connectivity index (χ1) is 13.6. The van der Waals surface area contributed by atoms with Crippen LogP contribution in [0.3, 0.4) is 0 Å². The minimum absolute atomic E-state index is 0.542. The molecule has 0 aliphatic carbocycles. The van der Waals surface area contributed by atoms with Gasteiger partial charge in [-0.05, 0) is 37.0 Å². The second-order valence-corrected chi connectivity index (χ2v) is 7.83. The molecule has 0 aliphatic rings. The largest absolute Gasteiger partial charge is 0.493 e. The van der Waals surface area contributed by atoms with Crippen molar-refractivity contribution < 1.29 is 4.74 Å². The third kappa shape index (κ3) is 4.88. The molecule has 3 aromatic rings. The van der Waals surface area contributed by atoms with Gasteiger partial charge in [0.2, 0.25) is 0 Å². The average Bonchev–Trinajstić information content (AvgIpc) is 3.17. The van der Waals surface area contributed by atoms with Crippen LogP contribution in [-0.2, 0) is 6.42 Å². The minimum Gasteiger partial charge on any atom is -0.493 e. The zero-order chi connectivity index (χ0) is 19.9. The smallest absolute Gasteiger partial charge is 0.134 e. The molecule has 28 heavy (non-hydrogen) atoms. The molecule has 0 unspecified atom stereocenters. The second-order valence-electron chi connectivity index (χ2n) is 6.97. The molecule has 0 spiro atoms. The summed E-state index contributed by atoms with van der Waals surface area (Å²) in [5.74, 6) is 1.41. The van der Waals surface area contributed by atoms with E-state index in [9.17, 15) is 5.26 Å². The van der Waals surface area contributed by atoms with Crippen molar-refractivity contribution in [2.45, 2.75) is 27.2 Å². The Balaban J connectivity index is 1.87. The van der Waals surface area contributed by atoms with Gasteiger partial charge in [0.25, 0.3) is 0 Å². The highest BCUT2D eigenvalue weighted by Crippen LogP contribution is 2.29. The number of nitrogens with zero attached hydrogens (tertiary/aromatic N) is 2. The van der Waals surface area contributed by atoms with Crippen LogP contribution in [0, 0.1) is 17.2 Å². The van der Waals surface area contributed by atoms with Gasteiger partial charge < -0.3 is 4.74 Å². The molecular formula is C24H24N2OS. The third-order valence-electron chi connectivity index (χ3n) is 4.27. The van der Waals surface area contributed by atoms with Crippen LogP contribution in [0.1, 0.15) is 36.9 Å². The maximum absolute atomic E-state index is 9.67. The summed E-state index contributed by atoms with van der Waals surface area (Å²) >= 11 is 1.49. The number of allylic oxidation sites excluding steroid dienone is 1. The van der Waals surface area contributed by atoms with Crippen LogP contribution >= 0.6 is 11.3 Å². The van der Waals surface area contributed by atoms with E-state index in [0.717, 1.165) is 34.0 Å². The molecule has 0 saturated heterocycles. The Hall–Kier alpha value is -2.90. The van der Waals surface area contributed by atoms with Crippen LogP contribution in [0.2, 0.25) is 0 Å². The Morgan fingerprint density at radius 2 is 1.93 bits per heavy atom. The van der Waals surface area contributed by atoms with Crippen LogP contribution in [-0.4, -0.2) is 11.6 Å². The average molecular weight is 389 g/mol. The number of hydrogen-bond donors (Lipinski definition) is 0. The van der Waals surface area contributed by atoms with Crippen molar-refractivity contribution in [3.8, 4) is 23.1 Å². The predicted molar refractivity (Wildman–Crippen MR) is 117 cm³/mol. The highest BCUT2D eigenvalue weighted by atomic mass is 32.1. The second kappa shape index (κ2) is 9.34. The standard InChI is InChI=1S/C24H24N2OS/c1-4-27-23-8-6-5-7-20(23)14-21(15-25)24-26-22(16-28-24)19-11-9-18(10-12-19)13-17(2)3/h5-12,14,16-17H,4,13H2,1-3H3. The first-order valence-corrected chi connectivity index (χ1v) is 10.4. The van der Waals surface area contributed by atoms with E-state index in [4.69, 9.17) is 9.72 Å². The van der Waals surface area contributed by atoms with Gasteiger partial charge in [0.1, 0.15) is 16.8 Å². The Bertz CT molecular complexity index is 994. The highest BCUT2D eigenvalue weighted by molar-refractivity contribution is 7.11. The molecule has 0 radical (unpaired) electrons. The molecule has 3 rings (SSSR count). The van der Waals surface area contributed by atoms with Crippen LogP contribution in [0.15, 0.2) is 53.9 Å². The Morgan fingerprint density at radius 3 is 2.61 bits per heavy atom. The summed E-state index contributed by atoms with van der Waals surface area (Å²) in [5.41, 5.74) is 4.73. The lowest BCUT2D eigenvalue weighted by Gasteiger charge is -2.06. The third-order valence-corrected chi connectivity index (χ3v) is 5.14. The quantitative estimate of drug-likeness (QED) is 0.436. The first kappa shape index (κ1) is 19.9. The number of thiazole rings is 1. The molecule has 1 aromatic heterocycles. The molecule has 0 N–H and O–H groups in total. The van der Waals surface area contributed by atoms with Crippen LogP contribution < -0.4 is 4.74 Å². The number of para-hydroxylation sites is 1. The summed E-state index contributed by atoms with van der Waals surface area (Å²) in [6.45, 7) is 6.98. The molecule has 4 heteroatoms. The number of nitriles is 1. The first-order valence-electron chi connectivity index (χ1n) is 9.49. The normalized spacial score (nSPS) is 11.5. The summed E-state index contributed by atoms with van der Waals surface area (Å²) in [5, 5.41) is 12.4. The SMILES string of the molecule is CCOc1ccccc1C=C(C#N)c1nc(-c2ccc(CC(C)C)cc2)cs1. The molecule has 0 amide bonds. The lowest BCUT2D eigenvalue weighted by Crippen LogP contribution is -1.94. The molecule has 0 aliphatic heterocycles. The van der Waals surface area contributed by atoms with E-state index in [-0.39, 0.29) is 0 Å². The van der Waals surface area contributed by atoms with Crippen molar-refractivity contribution in [2.24, 2.45) is 5.92 Å². The summed E-state index contributed by atoms with van der Waals surface area (Å²) < 4.78 is 5.66. The number of hydrogen-bond acceptors (Lipinski definition) is 4. The van der Waals surface area contributed by atoms with Crippen LogP contribution in [0.25, 0.3) is 22.9 Å². The van der Waals surface area contributed by atoms with Gasteiger partial charge in [-0.25, -0.2) is 4.98 Å². The van der Waals surface area contributed by atoms with Crippen molar-refractivity contribution in [3.05, 3.63) is 70.0 Å². The lowest BCUT2D eigenvalue weighted by atomic mass is 10.0. The molecule has 2 aromatic carbocycles. The number of ether oxygens (including phenoxy) is 1. The van der Waals surface area contributed by atoms with E-state index in [2.05, 4.69) is 44.2 Å². The topological polar surface area (TPSA) is 45.9 Å². The van der Waals surface area contributed by atoms with E-state index in [1.807, 2.05) is 42.6 Å². The van der Waals surface area contributed by atoms with Gasteiger partial charge in [-0.1, -0.05) is 56.3 Å². The van der Waals surface area contributed by atoms with Crippen LogP contribution in [0.4, 0.5) is 0 Å². The summed E-state index contributed by atoms with van der Waals surface area (Å²) in [4.78, 5) is 4.70. The maximum atomic E-state index is 9.67. The maximum Gasteiger partial charge on any atom is 0.134 e. The van der Waals surface area contributed by atoms with E-state index >= 15 is 0 Å². The van der Waals surface area contributed by atoms with Gasteiger partial charge in [0.05, 0.1) is 17.9 Å². The van der Waals surface area contributed by atoms with Crippen molar-refractivity contribution in [1.29, 1.82) is 5.26 Å². The van der Waals surface area contributed by atoms with Gasteiger partial charge in [0.15, 0.2) is 0 Å². The number of rotatable bonds is 7. The molecule has 142 valence electrons. The molecular weight excluding hydrogens is 364 g/mol. The van der Waals surface area contributed by atoms with Gasteiger partial charge in [-0.15, -0.1) is 11.3 Å². The predicted octanol–water partition coefficient (Wildman–Crippen LogP) is 6.47. The molecule has 1 heterocycles. The summed E-state index contributed by atoms with van der Waals surface area (Å²) in [7, 11) is 0. The van der Waals surface area contributed by atoms with Gasteiger partial charge in [0, 0.05) is 16.5 Å². The Kier molecular flexibility index (Phi) is 6.62. The summed E-state index contributed by atoms with van der Waals surface area (Å²) in [6.07, 6.45) is 2.92. The van der Waals surface area contributed by atoms with Gasteiger partial charge in [-0.2, -0.15) is 5.26 Å². The zero-order valence-corrected chi connectivity index (χ0v) is 17.3. The molecule has 0 atom stereocenters. The highest BCUT2D eigenvalue weighted by Gasteiger charge is 2.11. The fourth-order valence-corrected chi connectivity index (χ4v) is 3.79. The fourth-order valence-electron chi connectivity index (χ4n) is 3.00. The lowest BCUT2D eigenvalue weighted by molar-refractivity contribution is 0.339. The zero-order valence-electron chi connectivity index (χ0n) is 16.5. The van der Waals surface area contributed by atoms with Crippen molar-refractivity contribution in [3.63, 3.8) is 0 Å². The monoisotopic (exact) mass is 388 g/mol. The van der Waals surface area contributed by atoms with E-state index in [0.29, 0.717) is 18.1 Å². The number of benzene rings is 2. The van der Waals surface area contributed by atoms with E-state index in [1.54, 1.807) is 0 Å². The Labute approximate surface area is 171 Å². The van der Waals surface area contributed by atoms with Gasteiger partial charge >= 0.3 is 0 Å². The van der Waals surface area contributed by atoms with Crippen molar-refractivity contribution in [2.75, 3.05) is 6.61 Å². The Morgan fingerprint density at radius 1 is 1.18 bits per heavy atom.